The van der Waals surface area contributed by atoms with Gasteiger partial charge in [-0.05, 0) is 37.6 Å². The highest BCUT2D eigenvalue weighted by atomic mass is 15.1. The molecule has 0 atom stereocenters. The molecule has 0 spiro atoms. The predicted molar refractivity (Wildman–Crippen MR) is 74.9 cm³/mol. The van der Waals surface area contributed by atoms with Gasteiger partial charge >= 0.3 is 0 Å². The lowest BCUT2D eigenvalue weighted by molar-refractivity contribution is 1.25. The van der Waals surface area contributed by atoms with Gasteiger partial charge < -0.3 is 22.2 Å². The highest BCUT2D eigenvalue weighted by Crippen LogP contribution is 2.25. The maximum absolute atomic E-state index is 5.59. The molecule has 0 aliphatic carbocycles. The second-order valence-electron chi connectivity index (χ2n) is 4.11. The number of hydrogen-bond donors (Lipinski definition) is 4. The van der Waals surface area contributed by atoms with Crippen molar-refractivity contribution in [1.29, 1.82) is 0 Å². The fourth-order valence-corrected chi connectivity index (χ4v) is 1.81. The number of hydrogen-bond acceptors (Lipinski definition) is 1. The number of nitrogens with one attached hydrogen (secondary N) is 1. The van der Waals surface area contributed by atoms with Crippen LogP contribution in [0.1, 0.15) is 11.3 Å². The molecule has 18 heavy (non-hydrogen) atoms. The SMILES string of the molecule is Cc1[nH]c2ccc(N=C(N)N=C(N)N)cc2c1C. The van der Waals surface area contributed by atoms with Gasteiger partial charge in [0.25, 0.3) is 0 Å². The number of rotatable bonds is 1. The average Bonchev–Trinajstić information content (AvgIpc) is 2.54. The molecule has 0 bridgehead atoms. The number of nitrogens with two attached hydrogens (primary N) is 3. The fourth-order valence-electron chi connectivity index (χ4n) is 1.81. The van der Waals surface area contributed by atoms with Crippen LogP contribution in [0, 0.1) is 13.8 Å². The molecule has 0 saturated heterocycles. The second kappa shape index (κ2) is 4.40. The molecule has 0 aliphatic rings. The first kappa shape index (κ1) is 12.0. The largest absolute Gasteiger partial charge is 0.370 e. The molecule has 7 N–H and O–H groups in total. The molecular weight excluding hydrogens is 228 g/mol. The minimum absolute atomic E-state index is 0.0410. The van der Waals surface area contributed by atoms with Crippen LogP contribution in [0.5, 0.6) is 0 Å². The Bertz CT molecular complexity index is 646. The summed E-state index contributed by atoms with van der Waals surface area (Å²) in [5.74, 6) is -0.0646. The van der Waals surface area contributed by atoms with Crippen molar-refractivity contribution in [2.24, 2.45) is 27.2 Å². The van der Waals surface area contributed by atoms with Crippen LogP contribution in [0.2, 0.25) is 0 Å². The first-order valence-corrected chi connectivity index (χ1v) is 5.50. The minimum atomic E-state index is -0.106. The zero-order valence-electron chi connectivity index (χ0n) is 10.4. The summed E-state index contributed by atoms with van der Waals surface area (Å²) < 4.78 is 0. The number of benzene rings is 1. The summed E-state index contributed by atoms with van der Waals surface area (Å²) in [6.07, 6.45) is 0. The van der Waals surface area contributed by atoms with E-state index in [2.05, 4.69) is 21.9 Å². The molecule has 0 fully saturated rings. The van der Waals surface area contributed by atoms with E-state index in [-0.39, 0.29) is 11.9 Å². The van der Waals surface area contributed by atoms with Gasteiger partial charge in [0.15, 0.2) is 5.96 Å². The Hall–Kier alpha value is -2.50. The number of aliphatic imine (C=N–C) groups is 2. The Morgan fingerprint density at radius 1 is 1.17 bits per heavy atom. The topological polar surface area (TPSA) is 119 Å². The van der Waals surface area contributed by atoms with Crippen LogP contribution in [-0.2, 0) is 0 Å². The third-order valence-electron chi connectivity index (χ3n) is 2.78. The molecule has 0 unspecified atom stereocenters. The van der Waals surface area contributed by atoms with Crippen molar-refractivity contribution in [3.8, 4) is 0 Å². The van der Waals surface area contributed by atoms with Gasteiger partial charge in [0, 0.05) is 16.6 Å². The second-order valence-corrected chi connectivity index (χ2v) is 4.11. The summed E-state index contributed by atoms with van der Waals surface area (Å²) >= 11 is 0. The van der Waals surface area contributed by atoms with Gasteiger partial charge in [0.2, 0.25) is 5.96 Å². The van der Waals surface area contributed by atoms with Crippen LogP contribution in [0.3, 0.4) is 0 Å². The van der Waals surface area contributed by atoms with Crippen molar-refractivity contribution in [1.82, 2.24) is 4.98 Å². The maximum atomic E-state index is 5.59. The van der Waals surface area contributed by atoms with Gasteiger partial charge in [-0.3, -0.25) is 0 Å². The van der Waals surface area contributed by atoms with Gasteiger partial charge in [-0.15, -0.1) is 0 Å². The molecular formula is C12H16N6. The highest BCUT2D eigenvalue weighted by molar-refractivity contribution is 5.94. The summed E-state index contributed by atoms with van der Waals surface area (Å²) in [4.78, 5) is 11.1. The van der Waals surface area contributed by atoms with Crippen molar-refractivity contribution in [3.05, 3.63) is 29.5 Å². The number of aromatic amines is 1. The van der Waals surface area contributed by atoms with E-state index < -0.39 is 0 Å². The quantitative estimate of drug-likeness (QED) is 0.442. The van der Waals surface area contributed by atoms with E-state index in [4.69, 9.17) is 17.2 Å². The van der Waals surface area contributed by atoms with Gasteiger partial charge in [0.1, 0.15) is 0 Å². The summed E-state index contributed by atoms with van der Waals surface area (Å²) in [6.45, 7) is 4.09. The Morgan fingerprint density at radius 2 is 1.89 bits per heavy atom. The van der Waals surface area contributed by atoms with Crippen LogP contribution in [0.25, 0.3) is 10.9 Å². The molecule has 0 aliphatic heterocycles. The highest BCUT2D eigenvalue weighted by Gasteiger charge is 2.04. The van der Waals surface area contributed by atoms with Crippen molar-refractivity contribution in [2.75, 3.05) is 0 Å². The van der Waals surface area contributed by atoms with Crippen molar-refractivity contribution >= 4 is 28.5 Å². The summed E-state index contributed by atoms with van der Waals surface area (Å²) in [7, 11) is 0. The first-order chi connectivity index (χ1) is 8.47. The molecule has 2 aromatic rings. The van der Waals surface area contributed by atoms with Gasteiger partial charge in [-0.1, -0.05) is 0 Å². The van der Waals surface area contributed by atoms with E-state index in [1.807, 2.05) is 25.1 Å². The van der Waals surface area contributed by atoms with Gasteiger partial charge in [-0.25, -0.2) is 4.99 Å². The van der Waals surface area contributed by atoms with Crippen LogP contribution in [0.15, 0.2) is 28.2 Å². The first-order valence-electron chi connectivity index (χ1n) is 5.50. The lowest BCUT2D eigenvalue weighted by Crippen LogP contribution is -2.26. The molecule has 6 nitrogen and oxygen atoms in total. The molecule has 0 amide bonds. The molecule has 1 heterocycles. The van der Waals surface area contributed by atoms with Crippen LogP contribution >= 0.6 is 0 Å². The molecule has 0 saturated carbocycles. The van der Waals surface area contributed by atoms with E-state index in [0.29, 0.717) is 5.69 Å². The average molecular weight is 244 g/mol. The van der Waals surface area contributed by atoms with Gasteiger partial charge in [0.05, 0.1) is 5.69 Å². The number of aryl methyl sites for hydroxylation is 2. The number of aromatic nitrogens is 1. The van der Waals surface area contributed by atoms with Crippen molar-refractivity contribution in [3.63, 3.8) is 0 Å². The number of H-pyrrole nitrogens is 1. The fraction of sp³-hybridized carbons (Fsp3) is 0.167. The lowest BCUT2D eigenvalue weighted by atomic mass is 10.1. The van der Waals surface area contributed by atoms with E-state index in [0.717, 1.165) is 16.6 Å². The smallest absolute Gasteiger partial charge is 0.223 e. The number of guanidine groups is 2. The predicted octanol–water partition coefficient (Wildman–Crippen LogP) is 1.00. The molecule has 1 aromatic carbocycles. The lowest BCUT2D eigenvalue weighted by Gasteiger charge is -1.97. The third-order valence-corrected chi connectivity index (χ3v) is 2.78. The number of nitrogens with zero attached hydrogens (tertiary/aromatic N) is 2. The number of fused-ring (bicyclic) bond motifs is 1. The van der Waals surface area contributed by atoms with Crippen LogP contribution < -0.4 is 17.2 Å². The molecule has 2 rings (SSSR count). The van der Waals surface area contributed by atoms with E-state index in [9.17, 15) is 0 Å². The van der Waals surface area contributed by atoms with E-state index in [1.54, 1.807) is 0 Å². The standard InChI is InChI=1S/C12H16N6/c1-6-7(2)16-10-4-3-8(5-9(6)10)17-12(15)18-11(13)14/h3-5,16H,1-2H3,(H6,13,14,15,17,18). The molecule has 1 aromatic heterocycles. The Morgan fingerprint density at radius 3 is 2.56 bits per heavy atom. The van der Waals surface area contributed by atoms with Crippen LogP contribution in [-0.4, -0.2) is 16.9 Å². The van der Waals surface area contributed by atoms with E-state index >= 15 is 0 Å². The Labute approximate surface area is 105 Å². The van der Waals surface area contributed by atoms with Gasteiger partial charge in [-0.2, -0.15) is 4.99 Å². The molecule has 94 valence electrons. The maximum Gasteiger partial charge on any atom is 0.223 e. The molecule has 6 heteroatoms. The van der Waals surface area contributed by atoms with Crippen molar-refractivity contribution in [2.45, 2.75) is 13.8 Å². The molecule has 0 radical (unpaired) electrons. The summed E-state index contributed by atoms with van der Waals surface area (Å²) in [5.41, 5.74) is 20.2. The Kier molecular flexibility index (Phi) is 2.93. The van der Waals surface area contributed by atoms with E-state index in [1.165, 1.54) is 5.56 Å². The summed E-state index contributed by atoms with van der Waals surface area (Å²) in [6, 6.07) is 5.76. The normalized spacial score (nSPS) is 11.8. The zero-order valence-corrected chi connectivity index (χ0v) is 10.4. The minimum Gasteiger partial charge on any atom is -0.370 e. The Balaban J connectivity index is 2.47. The monoisotopic (exact) mass is 244 g/mol. The van der Waals surface area contributed by atoms with Crippen LogP contribution in [0.4, 0.5) is 5.69 Å². The summed E-state index contributed by atoms with van der Waals surface area (Å²) in [5, 5.41) is 1.12. The zero-order chi connectivity index (χ0) is 13.3. The third kappa shape index (κ3) is 2.27. The van der Waals surface area contributed by atoms with Crippen molar-refractivity contribution < 1.29 is 0 Å².